The average Bonchev–Trinajstić information content (AvgIpc) is 3.00. The molecule has 1 saturated heterocycles. The van der Waals surface area contributed by atoms with E-state index in [1.54, 1.807) is 0 Å². The minimum atomic E-state index is -2.91. The molecule has 3 rings (SSSR count). The van der Waals surface area contributed by atoms with E-state index >= 15 is 0 Å². The van der Waals surface area contributed by atoms with Crippen LogP contribution in [0.1, 0.15) is 12.0 Å². The van der Waals surface area contributed by atoms with Crippen LogP contribution in [0.5, 0.6) is 0 Å². The molecule has 7 heteroatoms. The number of thioether (sulfide) groups is 1. The van der Waals surface area contributed by atoms with Gasteiger partial charge in [0.25, 0.3) is 0 Å². The summed E-state index contributed by atoms with van der Waals surface area (Å²) in [5.41, 5.74) is 4.94. The zero-order valence-electron chi connectivity index (χ0n) is 14.4. The van der Waals surface area contributed by atoms with E-state index in [-0.39, 0.29) is 28.4 Å². The summed E-state index contributed by atoms with van der Waals surface area (Å²) in [6, 6.07) is 19.6. The lowest BCUT2D eigenvalue weighted by atomic mass is 10.2. The van der Waals surface area contributed by atoms with Crippen molar-refractivity contribution in [3.05, 3.63) is 66.2 Å². The molecule has 0 radical (unpaired) electrons. The highest BCUT2D eigenvalue weighted by Crippen LogP contribution is 2.24. The summed E-state index contributed by atoms with van der Waals surface area (Å²) in [6.07, 6.45) is 0.632. The van der Waals surface area contributed by atoms with E-state index in [1.807, 2.05) is 65.7 Å². The first kappa shape index (κ1) is 18.8. The molecule has 1 N–H and O–H groups in total. The summed E-state index contributed by atoms with van der Waals surface area (Å²) < 4.78 is 23.1. The third-order valence-electron chi connectivity index (χ3n) is 4.15. The third kappa shape index (κ3) is 5.51. The first-order valence-corrected chi connectivity index (χ1v) is 11.4. The van der Waals surface area contributed by atoms with Gasteiger partial charge in [-0.2, -0.15) is 0 Å². The summed E-state index contributed by atoms with van der Waals surface area (Å²) in [4.78, 5) is 12.4. The van der Waals surface area contributed by atoms with E-state index in [1.165, 1.54) is 11.8 Å². The van der Waals surface area contributed by atoms with Gasteiger partial charge in [0, 0.05) is 5.25 Å². The summed E-state index contributed by atoms with van der Waals surface area (Å²) in [7, 11) is -2.91. The topological polar surface area (TPSA) is 66.5 Å². The number of amides is 1. The van der Waals surface area contributed by atoms with Gasteiger partial charge in [0.2, 0.25) is 5.91 Å². The van der Waals surface area contributed by atoms with E-state index in [0.717, 1.165) is 11.3 Å². The molecule has 2 aromatic rings. The van der Waals surface area contributed by atoms with Gasteiger partial charge >= 0.3 is 0 Å². The van der Waals surface area contributed by atoms with Gasteiger partial charge in [0.05, 0.1) is 29.5 Å². The summed E-state index contributed by atoms with van der Waals surface area (Å²) >= 11 is 1.42. The van der Waals surface area contributed by atoms with Crippen LogP contribution in [0.25, 0.3) is 0 Å². The fourth-order valence-corrected chi connectivity index (χ4v) is 6.27. The Bertz CT molecular complexity index is 826. The molecule has 0 aliphatic carbocycles. The second-order valence-electron chi connectivity index (χ2n) is 6.28. The van der Waals surface area contributed by atoms with Crippen LogP contribution in [0.4, 0.5) is 5.69 Å². The van der Waals surface area contributed by atoms with Crippen molar-refractivity contribution >= 4 is 33.2 Å². The molecule has 0 bridgehead atoms. The van der Waals surface area contributed by atoms with Gasteiger partial charge in [0.15, 0.2) is 9.84 Å². The molecule has 1 amide bonds. The Morgan fingerprint density at radius 1 is 1.08 bits per heavy atom. The predicted molar refractivity (Wildman–Crippen MR) is 107 cm³/mol. The van der Waals surface area contributed by atoms with Crippen molar-refractivity contribution in [1.82, 2.24) is 5.43 Å². The molecule has 138 valence electrons. The second kappa shape index (κ2) is 8.60. The van der Waals surface area contributed by atoms with Crippen LogP contribution in [0, 0.1) is 0 Å². The number of carbonyl (C=O) groups is 1. The number of para-hydroxylation sites is 1. The molecule has 1 aliphatic rings. The Labute approximate surface area is 158 Å². The number of sulfone groups is 1. The number of hydrogen-bond donors (Lipinski definition) is 1. The highest BCUT2D eigenvalue weighted by molar-refractivity contribution is 8.02. The summed E-state index contributed by atoms with van der Waals surface area (Å²) in [6.45, 7) is 0.555. The maximum Gasteiger partial charge on any atom is 0.248 e. The zero-order chi connectivity index (χ0) is 18.4. The van der Waals surface area contributed by atoms with Gasteiger partial charge in [-0.15, -0.1) is 11.8 Å². The van der Waals surface area contributed by atoms with Crippen molar-refractivity contribution in [2.24, 2.45) is 0 Å². The minimum absolute atomic E-state index is 0.0186. The van der Waals surface area contributed by atoms with E-state index in [4.69, 9.17) is 0 Å². The normalized spacial score (nSPS) is 18.4. The van der Waals surface area contributed by atoms with Crippen LogP contribution in [0.3, 0.4) is 0 Å². The predicted octanol–water partition coefficient (Wildman–Crippen LogP) is 2.64. The van der Waals surface area contributed by atoms with Crippen LogP contribution < -0.4 is 10.4 Å². The molecule has 26 heavy (non-hydrogen) atoms. The van der Waals surface area contributed by atoms with Gasteiger partial charge in [-0.25, -0.2) is 8.42 Å². The molecule has 0 aromatic heterocycles. The molecule has 1 aliphatic heterocycles. The van der Waals surface area contributed by atoms with E-state index in [2.05, 4.69) is 5.43 Å². The van der Waals surface area contributed by atoms with Crippen molar-refractivity contribution in [3.63, 3.8) is 0 Å². The lowest BCUT2D eigenvalue weighted by molar-refractivity contribution is -0.118. The Morgan fingerprint density at radius 2 is 1.73 bits per heavy atom. The number of nitrogens with zero attached hydrogens (tertiary/aromatic N) is 1. The second-order valence-corrected chi connectivity index (χ2v) is 9.80. The van der Waals surface area contributed by atoms with Crippen LogP contribution in [0.15, 0.2) is 60.7 Å². The van der Waals surface area contributed by atoms with Gasteiger partial charge in [-0.1, -0.05) is 48.5 Å². The van der Waals surface area contributed by atoms with Crippen LogP contribution in [-0.2, 0) is 21.2 Å². The van der Waals surface area contributed by atoms with Gasteiger partial charge in [-0.3, -0.25) is 15.2 Å². The van der Waals surface area contributed by atoms with E-state index in [9.17, 15) is 13.2 Å². The molecule has 5 nitrogen and oxygen atoms in total. The Morgan fingerprint density at radius 3 is 2.35 bits per heavy atom. The number of rotatable bonds is 7. The maximum absolute atomic E-state index is 12.4. The molecule has 1 atom stereocenters. The highest BCUT2D eigenvalue weighted by atomic mass is 32.2. The molecule has 1 heterocycles. The molecule has 2 aromatic carbocycles. The molecule has 0 saturated carbocycles. The van der Waals surface area contributed by atoms with Gasteiger partial charge in [-0.05, 0) is 24.1 Å². The number of nitrogens with one attached hydrogen (secondary N) is 1. The minimum Gasteiger partial charge on any atom is -0.281 e. The number of hydrazine groups is 1. The Balaban J connectivity index is 1.61. The largest absolute Gasteiger partial charge is 0.281 e. The summed E-state index contributed by atoms with van der Waals surface area (Å²) in [5, 5.41) is 1.84. The van der Waals surface area contributed by atoms with Crippen molar-refractivity contribution in [3.8, 4) is 0 Å². The molecule has 1 unspecified atom stereocenters. The van der Waals surface area contributed by atoms with Crippen LogP contribution in [-0.4, -0.2) is 36.8 Å². The number of anilines is 1. The number of hydrogen-bond acceptors (Lipinski definition) is 5. The average molecular weight is 391 g/mol. The van der Waals surface area contributed by atoms with Crippen molar-refractivity contribution in [2.45, 2.75) is 18.2 Å². The van der Waals surface area contributed by atoms with Gasteiger partial charge < -0.3 is 0 Å². The van der Waals surface area contributed by atoms with Gasteiger partial charge in [0.1, 0.15) is 0 Å². The van der Waals surface area contributed by atoms with E-state index in [0.29, 0.717) is 13.0 Å². The standard InChI is InChI=1S/C19H22N2O3S2/c22-19(14-25-18-11-12-26(23,24)15-18)20-21(17-9-5-2-6-10-17)13-16-7-3-1-4-8-16/h1-10,18H,11-15H2,(H,20,22). The monoisotopic (exact) mass is 390 g/mol. The molecular formula is C19H22N2O3S2. The lowest BCUT2D eigenvalue weighted by Crippen LogP contribution is -2.43. The smallest absolute Gasteiger partial charge is 0.248 e. The fourth-order valence-electron chi connectivity index (χ4n) is 2.84. The lowest BCUT2D eigenvalue weighted by Gasteiger charge is -2.25. The Hall–Kier alpha value is -1.99. The Kier molecular flexibility index (Phi) is 6.21. The first-order valence-electron chi connectivity index (χ1n) is 8.50. The fraction of sp³-hybridized carbons (Fsp3) is 0.316. The van der Waals surface area contributed by atoms with Crippen LogP contribution in [0.2, 0.25) is 0 Å². The van der Waals surface area contributed by atoms with Crippen LogP contribution >= 0.6 is 11.8 Å². The SMILES string of the molecule is O=C(CSC1CCS(=O)(=O)C1)NN(Cc1ccccc1)c1ccccc1. The third-order valence-corrected chi connectivity index (χ3v) is 7.43. The molecule has 0 spiro atoms. The number of carbonyl (C=O) groups excluding carboxylic acids is 1. The summed E-state index contributed by atoms with van der Waals surface area (Å²) in [5.74, 6) is 0.533. The maximum atomic E-state index is 12.4. The quantitative estimate of drug-likeness (QED) is 0.736. The van der Waals surface area contributed by atoms with Crippen molar-refractivity contribution < 1.29 is 13.2 Å². The van der Waals surface area contributed by atoms with Crippen molar-refractivity contribution in [1.29, 1.82) is 0 Å². The number of benzene rings is 2. The highest BCUT2D eigenvalue weighted by Gasteiger charge is 2.28. The van der Waals surface area contributed by atoms with Crippen molar-refractivity contribution in [2.75, 3.05) is 22.3 Å². The zero-order valence-corrected chi connectivity index (χ0v) is 16.0. The molecule has 1 fully saturated rings. The first-order chi connectivity index (χ1) is 12.5. The van der Waals surface area contributed by atoms with E-state index < -0.39 is 9.84 Å². The molecular weight excluding hydrogens is 368 g/mol.